The summed E-state index contributed by atoms with van der Waals surface area (Å²) in [5.41, 5.74) is -1.24. The summed E-state index contributed by atoms with van der Waals surface area (Å²) in [7, 11) is 0. The Balaban J connectivity index is 2.14. The molecule has 0 aliphatic carbocycles. The smallest absolute Gasteiger partial charge is 0.507 e. The summed E-state index contributed by atoms with van der Waals surface area (Å²) in [6, 6.07) is 8.40. The number of aromatic amines is 1. The van der Waals surface area contributed by atoms with Crippen LogP contribution in [-0.2, 0) is 0 Å². The summed E-state index contributed by atoms with van der Waals surface area (Å²) >= 11 is 0. The number of benzene rings is 2. The maximum absolute atomic E-state index is 12.4. The molecule has 2 aromatic carbocycles. The van der Waals surface area contributed by atoms with Crippen molar-refractivity contribution >= 4 is 10.8 Å². The number of rotatable bonds is 2. The third-order valence-corrected chi connectivity index (χ3v) is 3.25. The normalized spacial score (nSPS) is 11.6. The first-order valence-electron chi connectivity index (χ1n) is 6.59. The number of phenols is 1. The number of alkyl halides is 3. The highest BCUT2D eigenvalue weighted by Crippen LogP contribution is 2.23. The summed E-state index contributed by atoms with van der Waals surface area (Å²) in [6.07, 6.45) is -4.83. The van der Waals surface area contributed by atoms with Crippen molar-refractivity contribution in [3.05, 3.63) is 63.2 Å². The van der Waals surface area contributed by atoms with Crippen LogP contribution in [0.2, 0.25) is 0 Å². The Bertz CT molecular complexity index is 1020. The van der Waals surface area contributed by atoms with Crippen molar-refractivity contribution in [2.24, 2.45) is 0 Å². The fraction of sp³-hybridized carbons (Fsp3) is 0.0667. The molecule has 0 radical (unpaired) electrons. The van der Waals surface area contributed by atoms with Crippen LogP contribution < -0.4 is 15.9 Å². The molecular formula is C15H9F3N2O4. The van der Waals surface area contributed by atoms with Gasteiger partial charge < -0.3 is 9.84 Å². The number of nitrogens with one attached hydrogen (secondary N) is 1. The Morgan fingerprint density at radius 2 is 1.71 bits per heavy atom. The summed E-state index contributed by atoms with van der Waals surface area (Å²) in [6.45, 7) is 0. The number of fused-ring (bicyclic) bond motifs is 1. The topological polar surface area (TPSA) is 84.3 Å². The Morgan fingerprint density at radius 3 is 2.33 bits per heavy atom. The van der Waals surface area contributed by atoms with Gasteiger partial charge in [-0.25, -0.2) is 4.68 Å². The molecule has 0 aliphatic heterocycles. The van der Waals surface area contributed by atoms with Crippen LogP contribution in [0.1, 0.15) is 0 Å². The van der Waals surface area contributed by atoms with Crippen LogP contribution in [0.25, 0.3) is 16.5 Å². The predicted octanol–water partition coefficient (Wildman–Crippen LogP) is 2.28. The molecule has 0 saturated heterocycles. The number of hydrogen-bond acceptors (Lipinski definition) is 4. The number of aromatic nitrogens is 2. The van der Waals surface area contributed by atoms with Crippen molar-refractivity contribution in [2.45, 2.75) is 6.36 Å². The second-order valence-electron chi connectivity index (χ2n) is 4.82. The number of ether oxygens (including phenoxy) is 1. The van der Waals surface area contributed by atoms with Crippen LogP contribution in [-0.4, -0.2) is 21.2 Å². The van der Waals surface area contributed by atoms with E-state index in [1.807, 2.05) is 0 Å². The molecule has 24 heavy (non-hydrogen) atoms. The van der Waals surface area contributed by atoms with Crippen LogP contribution in [0.3, 0.4) is 0 Å². The summed E-state index contributed by atoms with van der Waals surface area (Å²) in [5, 5.41) is 11.9. The van der Waals surface area contributed by atoms with Gasteiger partial charge in [-0.05, 0) is 36.4 Å². The summed E-state index contributed by atoms with van der Waals surface area (Å²) in [5.74, 6) is -0.834. The van der Waals surface area contributed by atoms with Gasteiger partial charge in [0.25, 0.3) is 11.1 Å². The van der Waals surface area contributed by atoms with Gasteiger partial charge in [-0.2, -0.15) is 0 Å². The van der Waals surface area contributed by atoms with Gasteiger partial charge in [0.1, 0.15) is 11.5 Å². The molecule has 2 N–H and O–H groups in total. The molecule has 0 aliphatic rings. The predicted molar refractivity (Wildman–Crippen MR) is 78.5 cm³/mol. The van der Waals surface area contributed by atoms with E-state index < -0.39 is 23.2 Å². The number of H-pyrrole nitrogens is 1. The van der Waals surface area contributed by atoms with E-state index in [0.717, 1.165) is 16.8 Å². The lowest BCUT2D eigenvalue weighted by molar-refractivity contribution is -0.274. The molecule has 0 spiro atoms. The SMILES string of the molecule is O=c1[nH]n(-c2ccc(OC(F)(F)F)cc2)c(=O)c2c(O)cccc12. The van der Waals surface area contributed by atoms with E-state index in [4.69, 9.17) is 0 Å². The third-order valence-electron chi connectivity index (χ3n) is 3.25. The zero-order chi connectivity index (χ0) is 17.5. The molecule has 0 atom stereocenters. The average molecular weight is 338 g/mol. The number of aromatic hydroxyl groups is 1. The first-order valence-corrected chi connectivity index (χ1v) is 6.59. The maximum Gasteiger partial charge on any atom is 0.573 e. The Labute approximate surface area is 131 Å². The highest BCUT2D eigenvalue weighted by atomic mass is 19.4. The molecule has 0 unspecified atom stereocenters. The van der Waals surface area contributed by atoms with Gasteiger partial charge >= 0.3 is 6.36 Å². The first-order chi connectivity index (χ1) is 11.3. The van der Waals surface area contributed by atoms with E-state index in [-0.39, 0.29) is 22.2 Å². The second-order valence-corrected chi connectivity index (χ2v) is 4.82. The Morgan fingerprint density at radius 1 is 1.04 bits per heavy atom. The van der Waals surface area contributed by atoms with E-state index >= 15 is 0 Å². The van der Waals surface area contributed by atoms with Crippen molar-refractivity contribution in [1.29, 1.82) is 0 Å². The molecule has 6 nitrogen and oxygen atoms in total. The lowest BCUT2D eigenvalue weighted by atomic mass is 10.2. The number of nitrogens with zero attached hydrogens (tertiary/aromatic N) is 1. The fourth-order valence-corrected chi connectivity index (χ4v) is 2.26. The number of hydrogen-bond donors (Lipinski definition) is 2. The van der Waals surface area contributed by atoms with Crippen LogP contribution >= 0.6 is 0 Å². The highest BCUT2D eigenvalue weighted by Gasteiger charge is 2.31. The largest absolute Gasteiger partial charge is 0.573 e. The minimum atomic E-state index is -4.83. The molecule has 0 bridgehead atoms. The molecular weight excluding hydrogens is 329 g/mol. The average Bonchev–Trinajstić information content (AvgIpc) is 2.50. The minimum absolute atomic E-state index is 0.00766. The van der Waals surface area contributed by atoms with Gasteiger partial charge in [-0.3, -0.25) is 14.7 Å². The van der Waals surface area contributed by atoms with E-state index in [0.29, 0.717) is 0 Å². The monoisotopic (exact) mass is 338 g/mol. The molecule has 0 saturated carbocycles. The van der Waals surface area contributed by atoms with Crippen LogP contribution in [0.5, 0.6) is 11.5 Å². The lowest BCUT2D eigenvalue weighted by Gasteiger charge is -2.11. The molecule has 124 valence electrons. The van der Waals surface area contributed by atoms with E-state index in [9.17, 15) is 27.9 Å². The molecule has 3 aromatic rings. The van der Waals surface area contributed by atoms with Gasteiger partial charge in [0.05, 0.1) is 16.5 Å². The first kappa shape index (κ1) is 15.7. The van der Waals surface area contributed by atoms with Crippen LogP contribution in [0, 0.1) is 0 Å². The lowest BCUT2D eigenvalue weighted by Crippen LogP contribution is -2.28. The summed E-state index contributed by atoms with van der Waals surface area (Å²) in [4.78, 5) is 24.5. The molecule has 0 fully saturated rings. The van der Waals surface area contributed by atoms with Gasteiger partial charge in [0, 0.05) is 0 Å². The summed E-state index contributed by atoms with van der Waals surface area (Å²) < 4.78 is 41.0. The second kappa shape index (κ2) is 5.44. The van der Waals surface area contributed by atoms with Crippen LogP contribution in [0.15, 0.2) is 52.1 Å². The highest BCUT2D eigenvalue weighted by molar-refractivity contribution is 5.86. The van der Waals surface area contributed by atoms with Crippen molar-refractivity contribution in [3.8, 4) is 17.2 Å². The third kappa shape index (κ3) is 2.83. The quantitative estimate of drug-likeness (QED) is 0.751. The van der Waals surface area contributed by atoms with E-state index in [1.165, 1.54) is 30.3 Å². The van der Waals surface area contributed by atoms with Gasteiger partial charge in [-0.15, -0.1) is 13.2 Å². The van der Waals surface area contributed by atoms with Gasteiger partial charge in [0.2, 0.25) is 0 Å². The zero-order valence-corrected chi connectivity index (χ0v) is 11.8. The molecule has 3 rings (SSSR count). The van der Waals surface area contributed by atoms with E-state index in [1.54, 1.807) is 0 Å². The number of phenolic OH excluding ortho intramolecular Hbond substituents is 1. The van der Waals surface area contributed by atoms with Gasteiger partial charge in [-0.1, -0.05) is 6.07 Å². The van der Waals surface area contributed by atoms with Crippen molar-refractivity contribution < 1.29 is 23.0 Å². The molecule has 0 amide bonds. The maximum atomic E-state index is 12.4. The molecule has 9 heteroatoms. The van der Waals surface area contributed by atoms with Crippen molar-refractivity contribution in [1.82, 2.24) is 9.78 Å². The van der Waals surface area contributed by atoms with Crippen molar-refractivity contribution in [2.75, 3.05) is 0 Å². The standard InChI is InChI=1S/C15H9F3N2O4/c16-15(17,18)24-9-6-4-8(5-7-9)20-14(23)12-10(13(22)19-20)2-1-3-11(12)21/h1-7,21H,(H,19,22). The minimum Gasteiger partial charge on any atom is -0.507 e. The van der Waals surface area contributed by atoms with Gasteiger partial charge in [0.15, 0.2) is 0 Å². The van der Waals surface area contributed by atoms with E-state index in [2.05, 4.69) is 9.84 Å². The number of halogens is 3. The Hall–Kier alpha value is -3.23. The fourth-order valence-electron chi connectivity index (χ4n) is 2.26. The Kier molecular flexibility index (Phi) is 3.55. The van der Waals surface area contributed by atoms with Crippen molar-refractivity contribution in [3.63, 3.8) is 0 Å². The zero-order valence-electron chi connectivity index (χ0n) is 11.8. The van der Waals surface area contributed by atoms with Crippen LogP contribution in [0.4, 0.5) is 13.2 Å². The molecule has 1 heterocycles. The molecule has 1 aromatic heterocycles.